The molecule has 0 heterocycles. The number of aliphatic hydroxyl groups excluding tert-OH is 1. The van der Waals surface area contributed by atoms with E-state index in [0.29, 0.717) is 0 Å². The fourth-order valence-electron chi connectivity index (χ4n) is 4.30. The molecule has 1 fully saturated rings. The van der Waals surface area contributed by atoms with Gasteiger partial charge in [-0.3, -0.25) is 0 Å². The van der Waals surface area contributed by atoms with Crippen molar-refractivity contribution in [3.8, 4) is 0 Å². The van der Waals surface area contributed by atoms with Gasteiger partial charge < -0.3 is 19.3 Å². The van der Waals surface area contributed by atoms with Crippen molar-refractivity contribution in [3.05, 3.63) is 24.3 Å². The molecule has 0 bridgehead atoms. The summed E-state index contributed by atoms with van der Waals surface area (Å²) in [4.78, 5) is 11.1. The Balaban J connectivity index is 2.56. The second-order valence-corrected chi connectivity index (χ2v) is 7.65. The van der Waals surface area contributed by atoms with Gasteiger partial charge in [-0.15, -0.1) is 0 Å². The Bertz CT molecular complexity index is 487. The molecule has 5 heteroatoms. The molecule has 162 valence electrons. The van der Waals surface area contributed by atoms with E-state index in [-0.39, 0.29) is 23.8 Å². The molecular formula is C23H40O5. The van der Waals surface area contributed by atoms with Gasteiger partial charge in [0.15, 0.2) is 0 Å². The first-order valence-corrected chi connectivity index (χ1v) is 10.7. The Hall–Kier alpha value is -1.17. The van der Waals surface area contributed by atoms with Crippen molar-refractivity contribution < 1.29 is 24.1 Å². The van der Waals surface area contributed by atoms with Crippen LogP contribution in [0.2, 0.25) is 0 Å². The highest BCUT2D eigenvalue weighted by Crippen LogP contribution is 2.48. The number of rotatable bonds is 15. The lowest BCUT2D eigenvalue weighted by Crippen LogP contribution is -2.51. The van der Waals surface area contributed by atoms with E-state index < -0.39 is 0 Å². The maximum Gasteiger partial charge on any atom is 0.330 e. The molecule has 0 radical (unpaired) electrons. The van der Waals surface area contributed by atoms with Crippen molar-refractivity contribution in [2.24, 2.45) is 0 Å². The number of carbonyl (C=O) groups is 1. The van der Waals surface area contributed by atoms with E-state index in [2.05, 4.69) is 16.9 Å². The summed E-state index contributed by atoms with van der Waals surface area (Å²) in [5, 5.41) is 8.85. The van der Waals surface area contributed by atoms with E-state index in [1.54, 1.807) is 14.2 Å². The number of aliphatic hydroxyl groups is 1. The lowest BCUT2D eigenvalue weighted by atomic mass is 9.80. The molecule has 0 aromatic heterocycles. The summed E-state index contributed by atoms with van der Waals surface area (Å²) in [5.41, 5.74) is -0.629. The molecule has 0 amide bonds. The van der Waals surface area contributed by atoms with Gasteiger partial charge in [-0.05, 0) is 57.8 Å². The van der Waals surface area contributed by atoms with Crippen LogP contribution in [-0.4, -0.2) is 50.2 Å². The lowest BCUT2D eigenvalue weighted by molar-refractivity contribution is -0.146. The summed E-state index contributed by atoms with van der Waals surface area (Å²) in [5.74, 6) is -0.302. The lowest BCUT2D eigenvalue weighted by Gasteiger charge is -2.42. The van der Waals surface area contributed by atoms with Crippen LogP contribution >= 0.6 is 0 Å². The average molecular weight is 397 g/mol. The number of unbranched alkanes of at least 4 members (excludes halogenated alkanes) is 6. The Morgan fingerprint density at radius 2 is 1.64 bits per heavy atom. The van der Waals surface area contributed by atoms with Crippen LogP contribution in [0.3, 0.4) is 0 Å². The van der Waals surface area contributed by atoms with E-state index in [4.69, 9.17) is 14.6 Å². The largest absolute Gasteiger partial charge is 0.466 e. The highest BCUT2D eigenvalue weighted by atomic mass is 16.5. The number of allylic oxidation sites excluding steroid dienone is 2. The third-order valence-corrected chi connectivity index (χ3v) is 5.98. The van der Waals surface area contributed by atoms with Crippen LogP contribution in [0.25, 0.3) is 0 Å². The van der Waals surface area contributed by atoms with Crippen molar-refractivity contribution in [1.29, 1.82) is 0 Å². The van der Waals surface area contributed by atoms with Gasteiger partial charge in [0.05, 0.1) is 7.11 Å². The van der Waals surface area contributed by atoms with Gasteiger partial charge in [-0.2, -0.15) is 0 Å². The first kappa shape index (κ1) is 24.9. The fraction of sp³-hybridized carbons (Fsp3) is 0.783. The third kappa shape index (κ3) is 7.34. The molecule has 1 N–H and O–H groups in total. The van der Waals surface area contributed by atoms with Crippen LogP contribution in [0.1, 0.15) is 77.0 Å². The zero-order valence-corrected chi connectivity index (χ0v) is 18.1. The van der Waals surface area contributed by atoms with Gasteiger partial charge in [0.1, 0.15) is 11.2 Å². The van der Waals surface area contributed by atoms with E-state index >= 15 is 0 Å². The molecule has 1 unspecified atom stereocenters. The molecule has 2 atom stereocenters. The molecule has 1 saturated carbocycles. The minimum atomic E-state index is -0.352. The molecule has 0 aromatic rings. The molecule has 0 spiro atoms. The predicted octanol–water partition coefficient (Wildman–Crippen LogP) is 4.73. The quantitative estimate of drug-likeness (QED) is 0.188. The Morgan fingerprint density at radius 3 is 2.32 bits per heavy atom. The van der Waals surface area contributed by atoms with Crippen molar-refractivity contribution in [3.63, 3.8) is 0 Å². The molecule has 1 rings (SSSR count). The second kappa shape index (κ2) is 13.9. The summed E-state index contributed by atoms with van der Waals surface area (Å²) >= 11 is 0. The normalized spacial score (nSPS) is 25.1. The van der Waals surface area contributed by atoms with Gasteiger partial charge in [-0.25, -0.2) is 4.79 Å². The van der Waals surface area contributed by atoms with Crippen LogP contribution in [0.15, 0.2) is 24.3 Å². The first-order valence-electron chi connectivity index (χ1n) is 10.7. The maximum absolute atomic E-state index is 11.1. The summed E-state index contributed by atoms with van der Waals surface area (Å²) in [7, 11) is 4.99. The number of hydrogen-bond donors (Lipinski definition) is 1. The minimum absolute atomic E-state index is 0.277. The smallest absolute Gasteiger partial charge is 0.330 e. The zero-order valence-electron chi connectivity index (χ0n) is 18.1. The van der Waals surface area contributed by atoms with Gasteiger partial charge in [-0.1, -0.05) is 37.5 Å². The number of esters is 1. The highest BCUT2D eigenvalue weighted by Gasteiger charge is 2.53. The summed E-state index contributed by atoms with van der Waals surface area (Å²) < 4.78 is 16.7. The SMILES string of the molecule is COC(=O)C=CCCCCC1(OC)CCC[C@]1(/C=C/CCCCCCO)OC. The molecule has 0 aromatic carbocycles. The highest BCUT2D eigenvalue weighted by molar-refractivity contribution is 5.81. The molecule has 5 nitrogen and oxygen atoms in total. The first-order chi connectivity index (χ1) is 13.6. The molecule has 28 heavy (non-hydrogen) atoms. The van der Waals surface area contributed by atoms with E-state index in [1.165, 1.54) is 13.2 Å². The Morgan fingerprint density at radius 1 is 0.929 bits per heavy atom. The summed E-state index contributed by atoms with van der Waals surface area (Å²) in [6, 6.07) is 0. The third-order valence-electron chi connectivity index (χ3n) is 5.98. The number of methoxy groups -OCH3 is 3. The maximum atomic E-state index is 11.1. The van der Waals surface area contributed by atoms with Crippen LogP contribution in [0, 0.1) is 0 Å². The van der Waals surface area contributed by atoms with E-state index in [0.717, 1.165) is 77.0 Å². The number of ether oxygens (including phenoxy) is 3. The monoisotopic (exact) mass is 396 g/mol. The number of hydrogen-bond acceptors (Lipinski definition) is 5. The van der Waals surface area contributed by atoms with Crippen LogP contribution in [0.5, 0.6) is 0 Å². The van der Waals surface area contributed by atoms with E-state index in [1.807, 2.05) is 6.08 Å². The molecular weight excluding hydrogens is 356 g/mol. The molecule has 1 aliphatic rings. The molecule has 0 aliphatic heterocycles. The van der Waals surface area contributed by atoms with Gasteiger partial charge in [0.2, 0.25) is 0 Å². The topological polar surface area (TPSA) is 65.0 Å². The molecule has 0 saturated heterocycles. The van der Waals surface area contributed by atoms with Crippen LogP contribution in [-0.2, 0) is 19.0 Å². The van der Waals surface area contributed by atoms with Crippen molar-refractivity contribution in [1.82, 2.24) is 0 Å². The number of carbonyl (C=O) groups excluding carboxylic acids is 1. The predicted molar refractivity (Wildman–Crippen MR) is 112 cm³/mol. The summed E-state index contributed by atoms with van der Waals surface area (Å²) in [6.07, 6.45) is 20.1. The minimum Gasteiger partial charge on any atom is -0.466 e. The van der Waals surface area contributed by atoms with Crippen molar-refractivity contribution >= 4 is 5.97 Å². The van der Waals surface area contributed by atoms with Gasteiger partial charge in [0, 0.05) is 26.9 Å². The Kier molecular flexibility index (Phi) is 12.4. The average Bonchev–Trinajstić information content (AvgIpc) is 3.08. The van der Waals surface area contributed by atoms with E-state index in [9.17, 15) is 4.79 Å². The zero-order chi connectivity index (χ0) is 20.7. The fourth-order valence-corrected chi connectivity index (χ4v) is 4.30. The van der Waals surface area contributed by atoms with Crippen molar-refractivity contribution in [2.45, 2.75) is 88.3 Å². The van der Waals surface area contributed by atoms with Gasteiger partial charge >= 0.3 is 5.97 Å². The standard InChI is InChI=1S/C23H40O5/c1-26-21(25)15-10-6-8-12-17-23(28-3)19-14-18-22(23,27-2)16-11-7-4-5-9-13-20-24/h10-11,15-16,24H,4-9,12-14,17-20H2,1-3H3/b15-10?,16-11+/t22-,23?/m0/s1. The van der Waals surface area contributed by atoms with Crippen LogP contribution < -0.4 is 0 Å². The Labute approximate surface area is 171 Å². The molecule has 1 aliphatic carbocycles. The van der Waals surface area contributed by atoms with Crippen molar-refractivity contribution in [2.75, 3.05) is 27.9 Å². The van der Waals surface area contributed by atoms with Crippen LogP contribution in [0.4, 0.5) is 0 Å². The summed E-state index contributed by atoms with van der Waals surface area (Å²) in [6.45, 7) is 0.289. The van der Waals surface area contributed by atoms with Gasteiger partial charge in [0.25, 0.3) is 0 Å². The second-order valence-electron chi connectivity index (χ2n) is 7.65.